The molecule has 11 heteroatoms. The molecule has 2 rings (SSSR count). The quantitative estimate of drug-likeness (QED) is 0.579. The number of thioether (sulfide) groups is 1. The molecule has 0 fully saturated rings. The van der Waals surface area contributed by atoms with Crippen LogP contribution < -0.4 is 0 Å². The van der Waals surface area contributed by atoms with Crippen molar-refractivity contribution in [3.8, 4) is 0 Å². The summed E-state index contributed by atoms with van der Waals surface area (Å²) < 4.78 is 69.1. The number of halogens is 5. The number of aromatic nitrogens is 3. The first-order valence-corrected chi connectivity index (χ1v) is 7.50. The lowest BCUT2D eigenvalue weighted by molar-refractivity contribution is -0.291. The number of aliphatic imine (C=N–C) groups is 1. The molecule has 0 spiro atoms. The van der Waals surface area contributed by atoms with Gasteiger partial charge in [-0.1, -0.05) is 6.92 Å². The minimum absolute atomic E-state index is 0.0831. The van der Waals surface area contributed by atoms with Gasteiger partial charge in [0.1, 0.15) is 16.9 Å². The molecule has 0 saturated carbocycles. The van der Waals surface area contributed by atoms with Crippen molar-refractivity contribution < 1.29 is 26.4 Å². The molecule has 0 saturated heterocycles. The third-order valence-electron chi connectivity index (χ3n) is 2.89. The third-order valence-corrected chi connectivity index (χ3v) is 3.80. The van der Waals surface area contributed by atoms with E-state index < -0.39 is 17.8 Å². The van der Waals surface area contributed by atoms with Gasteiger partial charge in [-0.15, -0.1) is 22.0 Å². The molecule has 2 aromatic rings. The van der Waals surface area contributed by atoms with Gasteiger partial charge >= 0.3 is 12.1 Å². The van der Waals surface area contributed by atoms with E-state index in [1.54, 1.807) is 6.92 Å². The summed E-state index contributed by atoms with van der Waals surface area (Å²) in [4.78, 5) is 8.33. The van der Waals surface area contributed by atoms with E-state index in [-0.39, 0.29) is 22.8 Å². The Morgan fingerprint density at radius 3 is 2.50 bits per heavy atom. The van der Waals surface area contributed by atoms with Gasteiger partial charge in [-0.3, -0.25) is 4.99 Å². The molecule has 0 bridgehead atoms. The second-order valence-corrected chi connectivity index (χ2v) is 5.99. The Labute approximate surface area is 137 Å². The third kappa shape index (κ3) is 3.25. The van der Waals surface area contributed by atoms with Gasteiger partial charge < -0.3 is 4.42 Å². The summed E-state index contributed by atoms with van der Waals surface area (Å²) in [7, 11) is 0. The van der Waals surface area contributed by atoms with E-state index in [1.165, 1.54) is 11.8 Å². The van der Waals surface area contributed by atoms with Gasteiger partial charge in [0.2, 0.25) is 5.89 Å². The van der Waals surface area contributed by atoms with Gasteiger partial charge in [-0.25, -0.2) is 4.98 Å². The minimum atomic E-state index is -5.79. The van der Waals surface area contributed by atoms with Gasteiger partial charge in [0.05, 0.1) is 0 Å². The summed E-state index contributed by atoms with van der Waals surface area (Å²) in [5.41, 5.74) is -1.86. The first-order valence-electron chi connectivity index (χ1n) is 6.51. The summed E-state index contributed by atoms with van der Waals surface area (Å²) in [6.45, 7) is 7.00. The predicted molar refractivity (Wildman–Crippen MR) is 79.8 cm³/mol. The summed E-state index contributed by atoms with van der Waals surface area (Å²) in [6, 6.07) is 0.492. The van der Waals surface area contributed by atoms with Crippen LogP contribution >= 0.6 is 11.8 Å². The maximum atomic E-state index is 13.3. The molecule has 2 heterocycles. The zero-order chi connectivity index (χ0) is 18.1. The van der Waals surface area contributed by atoms with Crippen LogP contribution in [0.2, 0.25) is 0 Å². The first-order chi connectivity index (χ1) is 11.1. The van der Waals surface area contributed by atoms with Crippen LogP contribution in [0.4, 0.5) is 22.0 Å². The lowest BCUT2D eigenvalue weighted by Crippen LogP contribution is -2.34. The Kier molecular flexibility index (Phi) is 4.92. The van der Waals surface area contributed by atoms with Gasteiger partial charge in [-0.2, -0.15) is 22.0 Å². The molecule has 0 N–H and O–H groups in total. The molecule has 0 aliphatic heterocycles. The summed E-state index contributed by atoms with van der Waals surface area (Å²) in [5.74, 6) is -4.50. The molecule has 5 nitrogen and oxygen atoms in total. The Morgan fingerprint density at radius 2 is 1.96 bits per heavy atom. The first kappa shape index (κ1) is 18.3. The number of fused-ring (bicyclic) bond motifs is 1. The predicted octanol–water partition coefficient (Wildman–Crippen LogP) is 4.41. The van der Waals surface area contributed by atoms with Gasteiger partial charge in [0, 0.05) is 4.91 Å². The highest BCUT2D eigenvalue weighted by Gasteiger charge is 2.60. The number of hydrogen-bond donors (Lipinski definition) is 0. The normalized spacial score (nSPS) is 14.0. The number of rotatable bonds is 5. The van der Waals surface area contributed by atoms with Crippen molar-refractivity contribution in [2.45, 2.75) is 25.9 Å². The maximum absolute atomic E-state index is 13.3. The van der Waals surface area contributed by atoms with Crippen molar-refractivity contribution in [2.24, 2.45) is 4.99 Å². The summed E-state index contributed by atoms with van der Waals surface area (Å²) in [6.07, 6.45) is -5.79. The molecule has 0 unspecified atom stereocenters. The van der Waals surface area contributed by atoms with Crippen molar-refractivity contribution in [3.05, 3.63) is 22.6 Å². The Hall–Kier alpha value is -2.04. The SMILES string of the molecule is C=N/C(=C(\C)SCC)c1nc2cc(C(F)(F)C(F)(F)F)nnc2o1. The maximum Gasteiger partial charge on any atom is 0.459 e. The van der Waals surface area contributed by atoms with Crippen LogP contribution in [-0.4, -0.2) is 33.8 Å². The molecule has 24 heavy (non-hydrogen) atoms. The number of oxazole rings is 1. The van der Waals surface area contributed by atoms with Crippen LogP contribution in [-0.2, 0) is 5.92 Å². The molecule has 2 aromatic heterocycles. The Balaban J connectivity index is 2.54. The highest BCUT2D eigenvalue weighted by Crippen LogP contribution is 2.43. The van der Waals surface area contributed by atoms with E-state index in [2.05, 4.69) is 26.9 Å². The molecular weight excluding hydrogens is 355 g/mol. The number of allylic oxidation sites excluding steroid dienone is 1. The zero-order valence-electron chi connectivity index (χ0n) is 12.5. The second kappa shape index (κ2) is 6.46. The molecule has 0 aliphatic rings. The zero-order valence-corrected chi connectivity index (χ0v) is 13.3. The average molecular weight is 366 g/mol. The van der Waals surface area contributed by atoms with E-state index >= 15 is 0 Å². The van der Waals surface area contributed by atoms with E-state index in [1.807, 2.05) is 6.92 Å². The molecule has 0 aliphatic carbocycles. The van der Waals surface area contributed by atoms with Crippen molar-refractivity contribution in [1.82, 2.24) is 15.2 Å². The molecule has 0 amide bonds. The smallest absolute Gasteiger partial charge is 0.414 e. The number of nitrogens with zero attached hydrogens (tertiary/aromatic N) is 4. The Morgan fingerprint density at radius 1 is 1.29 bits per heavy atom. The van der Waals surface area contributed by atoms with E-state index in [9.17, 15) is 22.0 Å². The molecule has 0 atom stereocenters. The van der Waals surface area contributed by atoms with Crippen LogP contribution in [0.1, 0.15) is 25.4 Å². The highest BCUT2D eigenvalue weighted by molar-refractivity contribution is 8.03. The lowest BCUT2D eigenvalue weighted by atomic mass is 10.2. The molecule has 130 valence electrons. The van der Waals surface area contributed by atoms with Gasteiger partial charge in [-0.05, 0) is 25.5 Å². The van der Waals surface area contributed by atoms with E-state index in [4.69, 9.17) is 4.42 Å². The summed E-state index contributed by atoms with van der Waals surface area (Å²) >= 11 is 1.42. The van der Waals surface area contributed by atoms with Gasteiger partial charge in [0.25, 0.3) is 5.71 Å². The van der Waals surface area contributed by atoms with Crippen molar-refractivity contribution in [2.75, 3.05) is 5.75 Å². The van der Waals surface area contributed by atoms with Crippen LogP contribution in [0, 0.1) is 0 Å². The highest BCUT2D eigenvalue weighted by atomic mass is 32.2. The monoisotopic (exact) mass is 366 g/mol. The molecule has 0 aromatic carbocycles. The van der Waals surface area contributed by atoms with E-state index in [0.29, 0.717) is 11.0 Å². The Bertz CT molecular complexity index is 799. The van der Waals surface area contributed by atoms with Crippen LogP contribution in [0.3, 0.4) is 0 Å². The number of alkyl halides is 5. The standard InChI is InChI=1S/C13H11F5N4OS/c1-4-24-6(2)9(19-3)11-20-7-5-8(21-22-10(7)23-11)12(14,15)13(16,17)18/h5H,3-4H2,1-2H3/b9-6+. The molecular formula is C13H11F5N4OS. The number of hydrogen-bond acceptors (Lipinski definition) is 6. The van der Waals surface area contributed by atoms with Crippen LogP contribution in [0.5, 0.6) is 0 Å². The minimum Gasteiger partial charge on any atom is -0.414 e. The molecule has 0 radical (unpaired) electrons. The summed E-state index contributed by atoms with van der Waals surface area (Å²) in [5, 5.41) is 6.16. The van der Waals surface area contributed by atoms with Crippen LogP contribution in [0.25, 0.3) is 16.9 Å². The van der Waals surface area contributed by atoms with Crippen molar-refractivity contribution in [3.63, 3.8) is 0 Å². The van der Waals surface area contributed by atoms with Crippen molar-refractivity contribution in [1.29, 1.82) is 0 Å². The van der Waals surface area contributed by atoms with Crippen LogP contribution in [0.15, 0.2) is 20.4 Å². The fraction of sp³-hybridized carbons (Fsp3) is 0.385. The van der Waals surface area contributed by atoms with Gasteiger partial charge in [0.15, 0.2) is 0 Å². The topological polar surface area (TPSA) is 64.2 Å². The second-order valence-electron chi connectivity index (χ2n) is 4.51. The largest absolute Gasteiger partial charge is 0.459 e. The lowest BCUT2D eigenvalue weighted by Gasteiger charge is -2.17. The van der Waals surface area contributed by atoms with Crippen molar-refractivity contribution >= 4 is 35.4 Å². The average Bonchev–Trinajstić information content (AvgIpc) is 2.89. The van der Waals surface area contributed by atoms with E-state index in [0.717, 1.165) is 5.75 Å². The fourth-order valence-electron chi connectivity index (χ4n) is 1.76. The fourth-order valence-corrected chi connectivity index (χ4v) is 2.48.